The summed E-state index contributed by atoms with van der Waals surface area (Å²) < 4.78 is 5.66. The molecule has 2 N–H and O–H groups in total. The molecule has 1 fully saturated rings. The molecule has 1 amide bonds. The van der Waals surface area contributed by atoms with E-state index in [1.54, 1.807) is 0 Å². The number of hydrogen-bond donors (Lipinski definition) is 2. The zero-order valence-corrected chi connectivity index (χ0v) is 13.9. The van der Waals surface area contributed by atoms with Gasteiger partial charge in [0.2, 0.25) is 11.9 Å². The summed E-state index contributed by atoms with van der Waals surface area (Å²) >= 11 is 0. The van der Waals surface area contributed by atoms with E-state index in [2.05, 4.69) is 34.4 Å². The van der Waals surface area contributed by atoms with Gasteiger partial charge in [0, 0.05) is 37.0 Å². The van der Waals surface area contributed by atoms with Gasteiger partial charge in [0.25, 0.3) is 0 Å². The third kappa shape index (κ3) is 5.26. The van der Waals surface area contributed by atoms with Gasteiger partial charge in [-0.2, -0.15) is 0 Å². The number of anilines is 1. The maximum absolute atomic E-state index is 12.0. The molecule has 6 nitrogen and oxygen atoms in total. The fourth-order valence-electron chi connectivity index (χ4n) is 2.75. The highest BCUT2D eigenvalue weighted by molar-refractivity contribution is 5.76. The minimum Gasteiger partial charge on any atom is -0.375 e. The SMILES string of the molecule is Cc1cc(C)nc(NCCC(=O)N[C@H]2CCOC(C)(C)C2)n1. The average molecular weight is 306 g/mol. The molecule has 6 heteroatoms. The summed E-state index contributed by atoms with van der Waals surface area (Å²) in [4.78, 5) is 20.6. The third-order valence-electron chi connectivity index (χ3n) is 3.68. The summed E-state index contributed by atoms with van der Waals surface area (Å²) in [5.74, 6) is 0.636. The number of aryl methyl sites for hydroxylation is 2. The smallest absolute Gasteiger partial charge is 0.223 e. The molecule has 0 aliphatic carbocycles. The normalized spacial score (nSPS) is 20.5. The van der Waals surface area contributed by atoms with E-state index in [1.807, 2.05) is 19.9 Å². The van der Waals surface area contributed by atoms with Crippen molar-refractivity contribution >= 4 is 11.9 Å². The number of amides is 1. The molecular formula is C16H26N4O2. The van der Waals surface area contributed by atoms with Crippen LogP contribution in [0.15, 0.2) is 6.07 Å². The van der Waals surface area contributed by atoms with Crippen LogP contribution in [0.5, 0.6) is 0 Å². The molecule has 0 saturated carbocycles. The van der Waals surface area contributed by atoms with Gasteiger partial charge in [-0.15, -0.1) is 0 Å². The first kappa shape index (κ1) is 16.7. The first-order valence-corrected chi connectivity index (χ1v) is 7.83. The Morgan fingerprint density at radius 1 is 1.36 bits per heavy atom. The highest BCUT2D eigenvalue weighted by Gasteiger charge is 2.29. The summed E-state index contributed by atoms with van der Waals surface area (Å²) in [6.07, 6.45) is 2.14. The summed E-state index contributed by atoms with van der Waals surface area (Å²) in [5, 5.41) is 6.19. The van der Waals surface area contributed by atoms with Gasteiger partial charge in [-0.1, -0.05) is 0 Å². The maximum atomic E-state index is 12.0. The van der Waals surface area contributed by atoms with Crippen LogP contribution in [0.4, 0.5) is 5.95 Å². The quantitative estimate of drug-likeness (QED) is 0.870. The summed E-state index contributed by atoms with van der Waals surface area (Å²) in [7, 11) is 0. The Bertz CT molecular complexity index is 511. The lowest BCUT2D eigenvalue weighted by Crippen LogP contribution is -2.46. The van der Waals surface area contributed by atoms with Gasteiger partial charge >= 0.3 is 0 Å². The molecule has 1 aliphatic heterocycles. The van der Waals surface area contributed by atoms with Crippen LogP contribution >= 0.6 is 0 Å². The second-order valence-electron chi connectivity index (χ2n) is 6.52. The van der Waals surface area contributed by atoms with Crippen molar-refractivity contribution in [2.24, 2.45) is 0 Å². The molecular weight excluding hydrogens is 280 g/mol. The van der Waals surface area contributed by atoms with Gasteiger partial charge in [-0.05, 0) is 46.6 Å². The summed E-state index contributed by atoms with van der Waals surface area (Å²) in [6, 6.07) is 2.12. The number of nitrogens with one attached hydrogen (secondary N) is 2. The van der Waals surface area contributed by atoms with Crippen LogP contribution in [0.2, 0.25) is 0 Å². The molecule has 122 valence electrons. The van der Waals surface area contributed by atoms with Crippen LogP contribution in [0, 0.1) is 13.8 Å². The van der Waals surface area contributed by atoms with Crippen molar-refractivity contribution in [1.29, 1.82) is 0 Å². The molecule has 0 bridgehead atoms. The first-order chi connectivity index (χ1) is 10.3. The number of aromatic nitrogens is 2. The van der Waals surface area contributed by atoms with E-state index in [0.29, 0.717) is 25.5 Å². The van der Waals surface area contributed by atoms with Crippen molar-refractivity contribution in [2.45, 2.75) is 58.6 Å². The number of carbonyl (C=O) groups is 1. The Labute approximate surface area is 132 Å². The van der Waals surface area contributed by atoms with Gasteiger partial charge in [0.15, 0.2) is 0 Å². The second kappa shape index (κ2) is 7.05. The van der Waals surface area contributed by atoms with E-state index in [9.17, 15) is 4.79 Å². The number of ether oxygens (including phenoxy) is 1. The van der Waals surface area contributed by atoms with Gasteiger partial charge in [0.1, 0.15) is 0 Å². The van der Waals surface area contributed by atoms with E-state index in [-0.39, 0.29) is 17.6 Å². The Kier molecular flexibility index (Phi) is 5.34. The van der Waals surface area contributed by atoms with Crippen molar-refractivity contribution in [3.05, 3.63) is 17.5 Å². The van der Waals surface area contributed by atoms with E-state index in [4.69, 9.17) is 4.74 Å². The predicted octanol–water partition coefficient (Wildman–Crippen LogP) is 1.97. The lowest BCUT2D eigenvalue weighted by Gasteiger charge is -2.35. The lowest BCUT2D eigenvalue weighted by atomic mass is 9.94. The van der Waals surface area contributed by atoms with E-state index < -0.39 is 0 Å². The number of rotatable bonds is 5. The van der Waals surface area contributed by atoms with Gasteiger partial charge in [-0.3, -0.25) is 4.79 Å². The first-order valence-electron chi connectivity index (χ1n) is 7.83. The fourth-order valence-corrected chi connectivity index (χ4v) is 2.75. The second-order valence-corrected chi connectivity index (χ2v) is 6.52. The maximum Gasteiger partial charge on any atom is 0.223 e. The molecule has 0 radical (unpaired) electrons. The van der Waals surface area contributed by atoms with E-state index in [0.717, 1.165) is 24.2 Å². The highest BCUT2D eigenvalue weighted by Crippen LogP contribution is 2.23. The van der Waals surface area contributed by atoms with Crippen LogP contribution in [-0.4, -0.2) is 40.7 Å². The third-order valence-corrected chi connectivity index (χ3v) is 3.68. The Morgan fingerprint density at radius 3 is 2.68 bits per heavy atom. The topological polar surface area (TPSA) is 76.1 Å². The highest BCUT2D eigenvalue weighted by atomic mass is 16.5. The number of carbonyl (C=O) groups excluding carboxylic acids is 1. The zero-order chi connectivity index (χ0) is 16.2. The summed E-state index contributed by atoms with van der Waals surface area (Å²) in [6.45, 7) is 9.21. The minimum absolute atomic E-state index is 0.0552. The van der Waals surface area contributed by atoms with E-state index >= 15 is 0 Å². The lowest BCUT2D eigenvalue weighted by molar-refractivity contribution is -0.123. The minimum atomic E-state index is -0.151. The van der Waals surface area contributed by atoms with Crippen LogP contribution in [0.25, 0.3) is 0 Å². The number of hydrogen-bond acceptors (Lipinski definition) is 5. The van der Waals surface area contributed by atoms with Gasteiger partial charge in [-0.25, -0.2) is 9.97 Å². The number of nitrogens with zero attached hydrogens (tertiary/aromatic N) is 2. The van der Waals surface area contributed by atoms with Gasteiger partial charge in [0.05, 0.1) is 5.60 Å². The van der Waals surface area contributed by atoms with Crippen molar-refractivity contribution in [3.63, 3.8) is 0 Å². The monoisotopic (exact) mass is 306 g/mol. The molecule has 0 unspecified atom stereocenters. The van der Waals surface area contributed by atoms with E-state index in [1.165, 1.54) is 0 Å². The van der Waals surface area contributed by atoms with Crippen LogP contribution in [0.3, 0.4) is 0 Å². The molecule has 0 aromatic carbocycles. The van der Waals surface area contributed by atoms with Crippen molar-refractivity contribution in [2.75, 3.05) is 18.5 Å². The van der Waals surface area contributed by atoms with Crippen LogP contribution < -0.4 is 10.6 Å². The van der Waals surface area contributed by atoms with Crippen LogP contribution in [0.1, 0.15) is 44.5 Å². The molecule has 1 saturated heterocycles. The molecule has 0 spiro atoms. The van der Waals surface area contributed by atoms with Gasteiger partial charge < -0.3 is 15.4 Å². The molecule has 22 heavy (non-hydrogen) atoms. The van der Waals surface area contributed by atoms with Crippen molar-refractivity contribution in [3.8, 4) is 0 Å². The van der Waals surface area contributed by atoms with Crippen molar-refractivity contribution in [1.82, 2.24) is 15.3 Å². The molecule has 1 aliphatic rings. The molecule has 1 atom stereocenters. The zero-order valence-electron chi connectivity index (χ0n) is 13.9. The average Bonchev–Trinajstić information content (AvgIpc) is 2.36. The Balaban J connectivity index is 1.73. The molecule has 1 aromatic rings. The Morgan fingerprint density at radius 2 is 2.05 bits per heavy atom. The van der Waals surface area contributed by atoms with Crippen LogP contribution in [-0.2, 0) is 9.53 Å². The summed E-state index contributed by atoms with van der Waals surface area (Å²) in [5.41, 5.74) is 1.69. The predicted molar refractivity (Wildman–Crippen MR) is 85.8 cm³/mol. The standard InChI is InChI=1S/C16H26N4O2/c1-11-9-12(2)19-15(18-11)17-7-5-14(21)20-13-6-8-22-16(3,4)10-13/h9,13H,5-8,10H2,1-4H3,(H,20,21)(H,17,18,19)/t13-/m0/s1. The Hall–Kier alpha value is -1.69. The molecule has 2 rings (SSSR count). The molecule has 2 heterocycles. The molecule has 1 aromatic heterocycles. The largest absolute Gasteiger partial charge is 0.375 e. The van der Waals surface area contributed by atoms with Crippen molar-refractivity contribution < 1.29 is 9.53 Å². The fraction of sp³-hybridized carbons (Fsp3) is 0.688.